The maximum atomic E-state index is 12.4. The van der Waals surface area contributed by atoms with E-state index in [1.165, 1.54) is 0 Å². The van der Waals surface area contributed by atoms with Crippen molar-refractivity contribution >= 4 is 5.91 Å². The number of amides is 1. The number of rotatable bonds is 2. The molecule has 1 aromatic carbocycles. The summed E-state index contributed by atoms with van der Waals surface area (Å²) in [5.41, 5.74) is 1.45. The zero-order valence-electron chi connectivity index (χ0n) is 10.4. The van der Waals surface area contributed by atoms with Crippen LogP contribution >= 0.6 is 0 Å². The zero-order valence-corrected chi connectivity index (χ0v) is 10.4. The fraction of sp³-hybridized carbons (Fsp3) is 0.462. The topological polar surface area (TPSA) is 48.0 Å². The van der Waals surface area contributed by atoms with Crippen LogP contribution in [-0.4, -0.2) is 38.2 Å². The summed E-state index contributed by atoms with van der Waals surface area (Å²) in [6, 6.07) is 3.69. The van der Waals surface area contributed by atoms with Crippen molar-refractivity contribution in [2.75, 3.05) is 27.4 Å². The Balaban J connectivity index is 2.15. The van der Waals surface area contributed by atoms with Crippen molar-refractivity contribution in [1.82, 2.24) is 4.90 Å². The highest BCUT2D eigenvalue weighted by atomic mass is 16.5. The van der Waals surface area contributed by atoms with Crippen LogP contribution in [0.5, 0.6) is 11.5 Å². The maximum Gasteiger partial charge on any atom is 0.260 e. The number of nitrogens with zero attached hydrogens (tertiary/aromatic N) is 1. The van der Waals surface area contributed by atoms with E-state index in [1.807, 2.05) is 12.1 Å². The van der Waals surface area contributed by atoms with Crippen molar-refractivity contribution in [3.63, 3.8) is 0 Å². The third-order valence-corrected chi connectivity index (χ3v) is 3.42. The molecule has 0 bridgehead atoms. The van der Waals surface area contributed by atoms with Crippen LogP contribution in [0.4, 0.5) is 0 Å². The lowest BCUT2D eigenvalue weighted by molar-refractivity contribution is -0.0716. The number of hydrogen-bond donors (Lipinski definition) is 0. The van der Waals surface area contributed by atoms with E-state index in [0.29, 0.717) is 23.7 Å². The molecule has 5 nitrogen and oxygen atoms in total. The highest BCUT2D eigenvalue weighted by Crippen LogP contribution is 2.44. The molecule has 1 unspecified atom stereocenters. The summed E-state index contributed by atoms with van der Waals surface area (Å²) in [6.45, 7) is 1.41. The minimum atomic E-state index is -0.263. The molecule has 0 aromatic heterocycles. The molecule has 0 spiro atoms. The number of methoxy groups -OCH3 is 2. The van der Waals surface area contributed by atoms with Crippen LogP contribution in [0, 0.1) is 0 Å². The molecule has 5 heteroatoms. The Kier molecular flexibility index (Phi) is 2.63. The molecule has 0 saturated carbocycles. The van der Waals surface area contributed by atoms with Gasteiger partial charge in [-0.1, -0.05) is 0 Å². The van der Waals surface area contributed by atoms with Gasteiger partial charge in [0, 0.05) is 12.1 Å². The van der Waals surface area contributed by atoms with Gasteiger partial charge >= 0.3 is 0 Å². The Morgan fingerprint density at radius 1 is 1.33 bits per heavy atom. The predicted octanol–water partition coefficient (Wildman–Crippen LogP) is 1.58. The molecule has 1 amide bonds. The highest BCUT2D eigenvalue weighted by Gasteiger charge is 2.42. The maximum absolute atomic E-state index is 12.4. The second-order valence-corrected chi connectivity index (χ2v) is 4.34. The van der Waals surface area contributed by atoms with Gasteiger partial charge in [0.2, 0.25) is 0 Å². The van der Waals surface area contributed by atoms with Crippen molar-refractivity contribution in [2.24, 2.45) is 0 Å². The minimum absolute atomic E-state index is 0.0366. The largest absolute Gasteiger partial charge is 0.493 e. The van der Waals surface area contributed by atoms with Crippen molar-refractivity contribution in [3.8, 4) is 11.5 Å². The molecule has 0 radical (unpaired) electrons. The second kappa shape index (κ2) is 4.17. The molecule has 1 aromatic rings. The van der Waals surface area contributed by atoms with Crippen LogP contribution < -0.4 is 9.47 Å². The van der Waals surface area contributed by atoms with Crippen LogP contribution in [0.3, 0.4) is 0 Å². The highest BCUT2D eigenvalue weighted by molar-refractivity contribution is 6.02. The van der Waals surface area contributed by atoms with Gasteiger partial charge in [-0.3, -0.25) is 4.79 Å². The van der Waals surface area contributed by atoms with Gasteiger partial charge in [0.1, 0.15) is 0 Å². The zero-order chi connectivity index (χ0) is 12.7. The van der Waals surface area contributed by atoms with E-state index in [-0.39, 0.29) is 12.1 Å². The fourth-order valence-corrected chi connectivity index (χ4v) is 2.61. The van der Waals surface area contributed by atoms with Gasteiger partial charge in [0.25, 0.3) is 5.91 Å². The average molecular weight is 249 g/mol. The molecule has 0 N–H and O–H groups in total. The van der Waals surface area contributed by atoms with Crippen molar-refractivity contribution in [1.29, 1.82) is 0 Å². The van der Waals surface area contributed by atoms with Crippen molar-refractivity contribution in [3.05, 3.63) is 23.3 Å². The Hall–Kier alpha value is -1.75. The number of carbonyl (C=O) groups is 1. The lowest BCUT2D eigenvalue weighted by atomic mass is 10.1. The van der Waals surface area contributed by atoms with E-state index in [9.17, 15) is 4.79 Å². The summed E-state index contributed by atoms with van der Waals surface area (Å²) in [5.74, 6) is 1.04. The lowest BCUT2D eigenvalue weighted by Crippen LogP contribution is -2.35. The monoisotopic (exact) mass is 249 g/mol. The Morgan fingerprint density at radius 2 is 2.17 bits per heavy atom. The smallest absolute Gasteiger partial charge is 0.260 e. The second-order valence-electron chi connectivity index (χ2n) is 4.34. The predicted molar refractivity (Wildman–Crippen MR) is 63.9 cm³/mol. The summed E-state index contributed by atoms with van der Waals surface area (Å²) in [4.78, 5) is 14.1. The molecule has 1 saturated heterocycles. The van der Waals surface area contributed by atoms with Gasteiger partial charge in [-0.2, -0.15) is 0 Å². The normalized spacial score (nSPS) is 21.6. The van der Waals surface area contributed by atoms with Gasteiger partial charge in [-0.05, 0) is 18.6 Å². The van der Waals surface area contributed by atoms with Crippen LogP contribution in [0.1, 0.15) is 28.6 Å². The van der Waals surface area contributed by atoms with Crippen molar-refractivity contribution < 1.29 is 19.0 Å². The van der Waals surface area contributed by atoms with E-state index in [0.717, 1.165) is 18.5 Å². The molecule has 2 heterocycles. The molecule has 18 heavy (non-hydrogen) atoms. The average Bonchev–Trinajstić information content (AvgIpc) is 2.72. The number of ether oxygens (including phenoxy) is 3. The number of carbonyl (C=O) groups excluding carboxylic acids is 1. The Labute approximate surface area is 105 Å². The first-order chi connectivity index (χ1) is 8.77. The SMILES string of the molecule is COc1ccc2c(c1OC)C(=O)N1CCCOC21. The van der Waals surface area contributed by atoms with Crippen LogP contribution in [0.2, 0.25) is 0 Å². The van der Waals surface area contributed by atoms with Crippen LogP contribution in [0.15, 0.2) is 12.1 Å². The molecule has 96 valence electrons. The Morgan fingerprint density at radius 3 is 2.89 bits per heavy atom. The van der Waals surface area contributed by atoms with Gasteiger partial charge in [0.05, 0.1) is 26.4 Å². The van der Waals surface area contributed by atoms with E-state index >= 15 is 0 Å². The summed E-state index contributed by atoms with van der Waals surface area (Å²) >= 11 is 0. The first-order valence-electron chi connectivity index (χ1n) is 5.95. The summed E-state index contributed by atoms with van der Waals surface area (Å²) in [5, 5.41) is 0. The number of fused-ring (bicyclic) bond motifs is 3. The van der Waals surface area contributed by atoms with Gasteiger partial charge in [0.15, 0.2) is 17.7 Å². The molecule has 1 atom stereocenters. The van der Waals surface area contributed by atoms with E-state index in [4.69, 9.17) is 14.2 Å². The molecule has 3 rings (SSSR count). The van der Waals surface area contributed by atoms with Gasteiger partial charge in [-0.25, -0.2) is 0 Å². The van der Waals surface area contributed by atoms with Crippen LogP contribution in [-0.2, 0) is 4.74 Å². The molecule has 2 aliphatic rings. The molecule has 1 fully saturated rings. The molecular formula is C13H15NO4. The third-order valence-electron chi connectivity index (χ3n) is 3.42. The number of benzene rings is 1. The third kappa shape index (κ3) is 1.40. The fourth-order valence-electron chi connectivity index (χ4n) is 2.61. The summed E-state index contributed by atoms with van der Waals surface area (Å²) in [7, 11) is 3.11. The standard InChI is InChI=1S/C13H15NO4/c1-16-9-5-4-8-10(11(9)17-2)12(15)14-6-3-7-18-13(8)14/h4-5,13H,3,6-7H2,1-2H3. The molecular weight excluding hydrogens is 234 g/mol. The number of hydrogen-bond acceptors (Lipinski definition) is 4. The molecule has 0 aliphatic carbocycles. The lowest BCUT2D eigenvalue weighted by Gasteiger charge is -2.29. The van der Waals surface area contributed by atoms with Gasteiger partial charge in [-0.15, -0.1) is 0 Å². The van der Waals surface area contributed by atoms with Gasteiger partial charge < -0.3 is 19.1 Å². The van der Waals surface area contributed by atoms with E-state index < -0.39 is 0 Å². The van der Waals surface area contributed by atoms with Crippen molar-refractivity contribution in [2.45, 2.75) is 12.6 Å². The summed E-state index contributed by atoms with van der Waals surface area (Å²) < 4.78 is 16.2. The first kappa shape index (κ1) is 11.3. The minimum Gasteiger partial charge on any atom is -0.493 e. The first-order valence-corrected chi connectivity index (χ1v) is 5.95. The Bertz CT molecular complexity index is 500. The van der Waals surface area contributed by atoms with Crippen LogP contribution in [0.25, 0.3) is 0 Å². The molecule has 2 aliphatic heterocycles. The summed E-state index contributed by atoms with van der Waals surface area (Å²) in [6.07, 6.45) is 0.608. The van der Waals surface area contributed by atoms with E-state index in [2.05, 4.69) is 0 Å². The quantitative estimate of drug-likeness (QED) is 0.798. The van der Waals surface area contributed by atoms with E-state index in [1.54, 1.807) is 19.1 Å².